The van der Waals surface area contributed by atoms with E-state index in [9.17, 15) is 18.0 Å². The molecule has 0 spiro atoms. The number of nitrogens with one attached hydrogen (secondary N) is 1. The van der Waals surface area contributed by atoms with Crippen molar-refractivity contribution >= 4 is 39.2 Å². The lowest BCUT2D eigenvalue weighted by Crippen LogP contribution is -2.06. The van der Waals surface area contributed by atoms with E-state index in [0.29, 0.717) is 23.5 Å². The van der Waals surface area contributed by atoms with E-state index < -0.39 is 17.6 Å². The third-order valence-corrected chi connectivity index (χ3v) is 5.41. The molecule has 0 unspecified atom stereocenters. The van der Waals surface area contributed by atoms with Gasteiger partial charge in [-0.05, 0) is 48.9 Å². The number of benzene rings is 3. The monoisotopic (exact) mass is 487 g/mol. The number of hydrogen-bond acceptors (Lipinski definition) is 2. The maximum atomic E-state index is 13.0. The molecule has 0 fully saturated rings. The molecule has 1 aliphatic heterocycles. The Bertz CT molecular complexity index is 1180. The number of hydrogen-bond donors (Lipinski definition) is 1. The number of halogens is 4. The van der Waals surface area contributed by atoms with E-state index in [1.54, 1.807) is 18.2 Å². The van der Waals surface area contributed by atoms with E-state index in [2.05, 4.69) is 21.2 Å². The number of ether oxygens (including phenoxy) is 1. The zero-order chi connectivity index (χ0) is 22.2. The van der Waals surface area contributed by atoms with Gasteiger partial charge in [0, 0.05) is 26.9 Å². The van der Waals surface area contributed by atoms with Crippen LogP contribution in [0.1, 0.15) is 27.8 Å². The Balaban J connectivity index is 1.66. The Morgan fingerprint density at radius 1 is 1.03 bits per heavy atom. The molecule has 1 amide bonds. The van der Waals surface area contributed by atoms with Crippen molar-refractivity contribution in [1.82, 2.24) is 0 Å². The Hall–Kier alpha value is -3.06. The van der Waals surface area contributed by atoms with Crippen LogP contribution in [0.5, 0.6) is 5.75 Å². The quantitative estimate of drug-likeness (QED) is 0.408. The van der Waals surface area contributed by atoms with Crippen molar-refractivity contribution in [2.45, 2.75) is 19.7 Å². The second kappa shape index (κ2) is 8.23. The molecule has 1 N–H and O–H groups in total. The summed E-state index contributed by atoms with van der Waals surface area (Å²) in [6.07, 6.45) is -2.85. The molecule has 0 saturated heterocycles. The first-order chi connectivity index (χ1) is 14.7. The molecular weight excluding hydrogens is 471 g/mol. The fraction of sp³-hybridized carbons (Fsp3) is 0.125. The van der Waals surface area contributed by atoms with Crippen LogP contribution in [0.3, 0.4) is 0 Å². The molecule has 31 heavy (non-hydrogen) atoms. The minimum Gasteiger partial charge on any atom is -0.488 e. The molecule has 1 aliphatic rings. The molecule has 158 valence electrons. The van der Waals surface area contributed by atoms with Gasteiger partial charge in [-0.25, -0.2) is 0 Å². The molecule has 1 heterocycles. The number of alkyl halides is 3. The van der Waals surface area contributed by atoms with Crippen molar-refractivity contribution in [2.75, 3.05) is 5.32 Å². The summed E-state index contributed by atoms with van der Waals surface area (Å²) in [5.74, 6) is 0.100. The van der Waals surface area contributed by atoms with Gasteiger partial charge in [0.15, 0.2) is 0 Å². The normalized spacial score (nSPS) is 14.5. The number of anilines is 1. The van der Waals surface area contributed by atoms with Crippen LogP contribution in [0.4, 0.5) is 18.9 Å². The maximum absolute atomic E-state index is 13.0. The van der Waals surface area contributed by atoms with Gasteiger partial charge in [0.1, 0.15) is 12.4 Å². The molecule has 0 aromatic heterocycles. The van der Waals surface area contributed by atoms with Gasteiger partial charge in [-0.3, -0.25) is 4.79 Å². The highest BCUT2D eigenvalue weighted by Gasteiger charge is 2.33. The number of aryl methyl sites for hydroxylation is 1. The van der Waals surface area contributed by atoms with Crippen molar-refractivity contribution in [3.05, 3.63) is 93.0 Å². The summed E-state index contributed by atoms with van der Waals surface area (Å²) < 4.78 is 45.7. The average molecular weight is 488 g/mol. The van der Waals surface area contributed by atoms with Crippen molar-refractivity contribution in [3.63, 3.8) is 0 Å². The number of carbonyl (C=O) groups is 1. The highest BCUT2D eigenvalue weighted by Crippen LogP contribution is 2.39. The Morgan fingerprint density at radius 2 is 1.77 bits per heavy atom. The fourth-order valence-corrected chi connectivity index (χ4v) is 3.66. The smallest absolute Gasteiger partial charge is 0.416 e. The minimum atomic E-state index is -4.48. The highest BCUT2D eigenvalue weighted by molar-refractivity contribution is 9.10. The van der Waals surface area contributed by atoms with E-state index in [0.717, 1.165) is 27.7 Å². The Morgan fingerprint density at radius 3 is 2.48 bits per heavy atom. The van der Waals surface area contributed by atoms with Crippen molar-refractivity contribution in [3.8, 4) is 5.75 Å². The molecule has 0 radical (unpaired) electrons. The lowest BCUT2D eigenvalue weighted by atomic mass is 10.0. The minimum absolute atomic E-state index is 0.142. The van der Waals surface area contributed by atoms with Gasteiger partial charge in [-0.1, -0.05) is 51.8 Å². The third-order valence-electron chi connectivity index (χ3n) is 4.92. The summed E-state index contributed by atoms with van der Waals surface area (Å²) >= 11 is 3.42. The van der Waals surface area contributed by atoms with Crippen LogP contribution in [-0.2, 0) is 17.6 Å². The van der Waals surface area contributed by atoms with Crippen molar-refractivity contribution in [1.29, 1.82) is 0 Å². The Kier molecular flexibility index (Phi) is 5.62. The van der Waals surface area contributed by atoms with Gasteiger partial charge in [-0.2, -0.15) is 13.2 Å². The summed E-state index contributed by atoms with van der Waals surface area (Å²) in [6.45, 7) is 2.35. The molecule has 0 bridgehead atoms. The Labute approximate surface area is 185 Å². The average Bonchev–Trinajstić information content (AvgIpc) is 3.02. The van der Waals surface area contributed by atoms with Gasteiger partial charge < -0.3 is 10.1 Å². The molecule has 0 aliphatic carbocycles. The topological polar surface area (TPSA) is 38.3 Å². The number of carbonyl (C=O) groups excluding carboxylic acids is 1. The van der Waals surface area contributed by atoms with Crippen LogP contribution in [0.2, 0.25) is 0 Å². The number of rotatable bonds is 4. The maximum Gasteiger partial charge on any atom is 0.416 e. The van der Waals surface area contributed by atoms with E-state index in [1.807, 2.05) is 37.3 Å². The summed E-state index contributed by atoms with van der Waals surface area (Å²) in [4.78, 5) is 12.5. The van der Waals surface area contributed by atoms with Gasteiger partial charge in [-0.15, -0.1) is 0 Å². The summed E-state index contributed by atoms with van der Waals surface area (Å²) in [5.41, 5.74) is 2.82. The van der Waals surface area contributed by atoms with E-state index in [4.69, 9.17) is 4.74 Å². The predicted octanol–water partition coefficient (Wildman–Crippen LogP) is 6.85. The zero-order valence-electron chi connectivity index (χ0n) is 16.4. The van der Waals surface area contributed by atoms with Crippen LogP contribution < -0.4 is 10.1 Å². The summed E-state index contributed by atoms with van der Waals surface area (Å²) in [7, 11) is 0. The van der Waals surface area contributed by atoms with E-state index in [-0.39, 0.29) is 11.3 Å². The first-order valence-corrected chi connectivity index (χ1v) is 10.2. The highest BCUT2D eigenvalue weighted by atomic mass is 79.9. The predicted molar refractivity (Wildman–Crippen MR) is 118 cm³/mol. The van der Waals surface area contributed by atoms with Crippen LogP contribution in [0.15, 0.2) is 65.1 Å². The van der Waals surface area contributed by atoms with Crippen LogP contribution in [0.25, 0.3) is 11.6 Å². The molecule has 0 saturated carbocycles. The van der Waals surface area contributed by atoms with Gasteiger partial charge in [0.25, 0.3) is 5.91 Å². The molecule has 7 heteroatoms. The van der Waals surface area contributed by atoms with Crippen molar-refractivity contribution < 1.29 is 22.7 Å². The fourth-order valence-electron chi connectivity index (χ4n) is 3.28. The standard InChI is InChI=1S/C24H17BrF3NO2/c1-14-2-4-15(5-3-14)13-31-22-9-7-18(25)10-16(22)11-20-19-8-6-17(24(26,27)28)12-21(19)29-23(20)30/h2-12H,13H2,1H3,(H,29,30)/b20-11-. The lowest BCUT2D eigenvalue weighted by molar-refractivity contribution is -0.137. The third kappa shape index (κ3) is 4.66. The van der Waals surface area contributed by atoms with Gasteiger partial charge >= 0.3 is 6.18 Å². The molecule has 3 aromatic rings. The van der Waals surface area contributed by atoms with Gasteiger partial charge in [0.2, 0.25) is 0 Å². The molecule has 3 nitrogen and oxygen atoms in total. The number of fused-ring (bicyclic) bond motifs is 1. The second-order valence-electron chi connectivity index (χ2n) is 7.23. The zero-order valence-corrected chi connectivity index (χ0v) is 18.0. The molecule has 4 rings (SSSR count). The first kappa shape index (κ1) is 21.2. The molecular formula is C24H17BrF3NO2. The van der Waals surface area contributed by atoms with Crippen molar-refractivity contribution in [2.24, 2.45) is 0 Å². The van der Waals surface area contributed by atoms with Gasteiger partial charge in [0.05, 0.1) is 5.56 Å². The molecule has 0 atom stereocenters. The largest absolute Gasteiger partial charge is 0.488 e. The van der Waals surface area contributed by atoms with E-state index in [1.165, 1.54) is 6.07 Å². The van der Waals surface area contributed by atoms with Crippen LogP contribution in [0, 0.1) is 6.92 Å². The summed E-state index contributed by atoms with van der Waals surface area (Å²) in [6, 6.07) is 16.6. The van der Waals surface area contributed by atoms with E-state index >= 15 is 0 Å². The summed E-state index contributed by atoms with van der Waals surface area (Å²) in [5, 5.41) is 2.52. The van der Waals surface area contributed by atoms with Crippen LogP contribution >= 0.6 is 15.9 Å². The van der Waals surface area contributed by atoms with Crippen LogP contribution in [-0.4, -0.2) is 5.91 Å². The second-order valence-corrected chi connectivity index (χ2v) is 8.14. The first-order valence-electron chi connectivity index (χ1n) is 9.43. The number of amides is 1. The molecule has 3 aromatic carbocycles. The SMILES string of the molecule is Cc1ccc(COc2ccc(Br)cc2/C=C2\C(=O)Nc3cc(C(F)(F)F)ccc32)cc1. The lowest BCUT2D eigenvalue weighted by Gasteiger charge is -2.11.